The first kappa shape index (κ1) is 19.2. The van der Waals surface area contributed by atoms with Crippen LogP contribution in [0.3, 0.4) is 0 Å². The molecule has 0 N–H and O–H groups in total. The van der Waals surface area contributed by atoms with Crippen LogP contribution in [0.25, 0.3) is 0 Å². The van der Waals surface area contributed by atoms with Crippen molar-refractivity contribution in [2.75, 3.05) is 59.9 Å². The molecule has 0 aromatic heterocycles. The highest BCUT2D eigenvalue weighted by Crippen LogP contribution is 2.22. The molecule has 2 amide bonds. The maximum atomic E-state index is 12.4. The van der Waals surface area contributed by atoms with E-state index < -0.39 is 0 Å². The second-order valence-corrected chi connectivity index (χ2v) is 8.37. The molecule has 2 rings (SSSR count). The number of likely N-dealkylation sites (N-methyl/N-ethyl adjacent to an activating group) is 1. The molecular weight excluding hydrogens is 304 g/mol. The van der Waals surface area contributed by atoms with Crippen molar-refractivity contribution in [2.24, 2.45) is 5.41 Å². The second-order valence-electron chi connectivity index (χ2n) is 8.37. The molecular formula is C18H34N4O2. The predicted molar refractivity (Wildman–Crippen MR) is 95.8 cm³/mol. The summed E-state index contributed by atoms with van der Waals surface area (Å²) < 4.78 is 0. The zero-order valence-corrected chi connectivity index (χ0v) is 16.0. The molecule has 2 saturated heterocycles. The molecule has 0 atom stereocenters. The Balaban J connectivity index is 1.75. The van der Waals surface area contributed by atoms with Gasteiger partial charge in [-0.3, -0.25) is 19.4 Å². The van der Waals surface area contributed by atoms with E-state index in [1.807, 2.05) is 39.8 Å². The van der Waals surface area contributed by atoms with Gasteiger partial charge in [-0.2, -0.15) is 0 Å². The Morgan fingerprint density at radius 2 is 1.50 bits per heavy atom. The van der Waals surface area contributed by atoms with Crippen molar-refractivity contribution in [3.8, 4) is 0 Å². The number of carbonyl (C=O) groups is 2. The van der Waals surface area contributed by atoms with Gasteiger partial charge in [-0.15, -0.1) is 0 Å². The van der Waals surface area contributed by atoms with Gasteiger partial charge in [0, 0.05) is 64.8 Å². The maximum absolute atomic E-state index is 12.4. The highest BCUT2D eigenvalue weighted by atomic mass is 16.2. The number of likely N-dealkylation sites (tertiary alicyclic amines) is 1. The lowest BCUT2D eigenvalue weighted by Gasteiger charge is -2.43. The van der Waals surface area contributed by atoms with Gasteiger partial charge in [-0.05, 0) is 12.8 Å². The van der Waals surface area contributed by atoms with Gasteiger partial charge in [0.1, 0.15) is 0 Å². The lowest BCUT2D eigenvalue weighted by Crippen LogP contribution is -2.56. The van der Waals surface area contributed by atoms with Crippen LogP contribution in [0.4, 0.5) is 0 Å². The molecule has 0 bridgehead atoms. The van der Waals surface area contributed by atoms with Crippen molar-refractivity contribution in [3.63, 3.8) is 0 Å². The quantitative estimate of drug-likeness (QED) is 0.761. The van der Waals surface area contributed by atoms with Gasteiger partial charge >= 0.3 is 0 Å². The van der Waals surface area contributed by atoms with E-state index in [-0.39, 0.29) is 17.2 Å². The molecule has 0 unspecified atom stereocenters. The van der Waals surface area contributed by atoms with Gasteiger partial charge in [0.15, 0.2) is 0 Å². The number of piperidine rings is 1. The van der Waals surface area contributed by atoms with E-state index in [0.717, 1.165) is 52.1 Å². The summed E-state index contributed by atoms with van der Waals surface area (Å²) in [6, 6.07) is 0.600. The zero-order valence-electron chi connectivity index (χ0n) is 16.0. The van der Waals surface area contributed by atoms with Crippen molar-refractivity contribution < 1.29 is 9.59 Å². The van der Waals surface area contributed by atoms with Gasteiger partial charge in [0.05, 0.1) is 6.54 Å². The maximum Gasteiger partial charge on any atom is 0.236 e. The standard InChI is InChI=1S/C18H34N4O2/c1-18(2,3)17(24)22-12-10-21(11-13-22)15-6-8-20(9-7-15)14-16(23)19(4)5/h15H,6-14H2,1-5H3. The third-order valence-electron chi connectivity index (χ3n) is 5.17. The van der Waals surface area contributed by atoms with Crippen molar-refractivity contribution >= 4 is 11.8 Å². The Labute approximate surface area is 146 Å². The van der Waals surface area contributed by atoms with Crippen LogP contribution in [0, 0.1) is 5.41 Å². The Morgan fingerprint density at radius 1 is 0.958 bits per heavy atom. The Bertz CT molecular complexity index is 442. The fourth-order valence-electron chi connectivity index (χ4n) is 3.54. The van der Waals surface area contributed by atoms with Crippen LogP contribution in [0.15, 0.2) is 0 Å². The number of hydrogen-bond acceptors (Lipinski definition) is 4. The van der Waals surface area contributed by atoms with Crippen molar-refractivity contribution in [2.45, 2.75) is 39.7 Å². The Kier molecular flexibility index (Phi) is 6.26. The summed E-state index contributed by atoms with van der Waals surface area (Å²) in [6.45, 7) is 12.1. The molecule has 0 spiro atoms. The molecule has 2 fully saturated rings. The van der Waals surface area contributed by atoms with Crippen LogP contribution in [-0.2, 0) is 9.59 Å². The van der Waals surface area contributed by atoms with Crippen LogP contribution in [0.5, 0.6) is 0 Å². The second kappa shape index (κ2) is 7.83. The smallest absolute Gasteiger partial charge is 0.236 e. The molecule has 24 heavy (non-hydrogen) atoms. The molecule has 0 aromatic carbocycles. The molecule has 6 nitrogen and oxygen atoms in total. The molecule has 2 aliphatic rings. The lowest BCUT2D eigenvalue weighted by molar-refractivity contribution is -0.141. The third-order valence-corrected chi connectivity index (χ3v) is 5.17. The van der Waals surface area contributed by atoms with E-state index in [1.165, 1.54) is 0 Å². The highest BCUT2D eigenvalue weighted by Gasteiger charge is 2.32. The molecule has 6 heteroatoms. The van der Waals surface area contributed by atoms with Gasteiger partial charge < -0.3 is 9.80 Å². The minimum Gasteiger partial charge on any atom is -0.348 e. The predicted octanol–water partition coefficient (Wildman–Crippen LogP) is 0.729. The highest BCUT2D eigenvalue weighted by molar-refractivity contribution is 5.81. The van der Waals surface area contributed by atoms with E-state index in [0.29, 0.717) is 12.6 Å². The summed E-state index contributed by atoms with van der Waals surface area (Å²) in [5, 5.41) is 0. The number of hydrogen-bond donors (Lipinski definition) is 0. The normalized spacial score (nSPS) is 21.8. The monoisotopic (exact) mass is 338 g/mol. The first-order chi connectivity index (χ1) is 11.2. The van der Waals surface area contributed by atoms with Crippen molar-refractivity contribution in [1.82, 2.24) is 19.6 Å². The fraction of sp³-hybridized carbons (Fsp3) is 0.889. The van der Waals surface area contributed by atoms with Crippen molar-refractivity contribution in [3.05, 3.63) is 0 Å². The van der Waals surface area contributed by atoms with Crippen LogP contribution in [0.2, 0.25) is 0 Å². The molecule has 0 radical (unpaired) electrons. The van der Waals surface area contributed by atoms with Gasteiger partial charge in [-0.25, -0.2) is 0 Å². The summed E-state index contributed by atoms with van der Waals surface area (Å²) in [7, 11) is 3.63. The van der Waals surface area contributed by atoms with Crippen LogP contribution in [-0.4, -0.2) is 97.4 Å². The summed E-state index contributed by atoms with van der Waals surface area (Å²) in [5.41, 5.74) is -0.285. The minimum absolute atomic E-state index is 0.183. The topological polar surface area (TPSA) is 47.1 Å². The minimum atomic E-state index is -0.285. The molecule has 2 aliphatic heterocycles. The summed E-state index contributed by atoms with van der Waals surface area (Å²) in [6.07, 6.45) is 2.24. The van der Waals surface area contributed by atoms with Gasteiger partial charge in [0.25, 0.3) is 0 Å². The number of amides is 2. The largest absolute Gasteiger partial charge is 0.348 e. The first-order valence-corrected chi connectivity index (χ1v) is 9.14. The number of carbonyl (C=O) groups excluding carboxylic acids is 2. The molecule has 138 valence electrons. The molecule has 2 heterocycles. The molecule has 0 saturated carbocycles. The summed E-state index contributed by atoms with van der Waals surface area (Å²) >= 11 is 0. The fourth-order valence-corrected chi connectivity index (χ4v) is 3.54. The average Bonchev–Trinajstić information content (AvgIpc) is 2.54. The average molecular weight is 338 g/mol. The lowest BCUT2D eigenvalue weighted by atomic mass is 9.94. The van der Waals surface area contributed by atoms with Gasteiger partial charge in [0.2, 0.25) is 11.8 Å². The SMILES string of the molecule is CN(C)C(=O)CN1CCC(N2CCN(C(=O)C(C)(C)C)CC2)CC1. The molecule has 0 aliphatic carbocycles. The zero-order chi connectivity index (χ0) is 17.9. The number of rotatable bonds is 3. The number of nitrogens with zero attached hydrogens (tertiary/aromatic N) is 4. The van der Waals surface area contributed by atoms with Gasteiger partial charge in [-0.1, -0.05) is 20.8 Å². The Morgan fingerprint density at radius 3 is 1.96 bits per heavy atom. The Hall–Kier alpha value is -1.14. The van der Waals surface area contributed by atoms with Crippen LogP contribution in [0.1, 0.15) is 33.6 Å². The van der Waals surface area contributed by atoms with E-state index in [4.69, 9.17) is 0 Å². The summed E-state index contributed by atoms with van der Waals surface area (Å²) in [5.74, 6) is 0.446. The van der Waals surface area contributed by atoms with Crippen LogP contribution < -0.4 is 0 Å². The molecule has 0 aromatic rings. The van der Waals surface area contributed by atoms with Crippen molar-refractivity contribution in [1.29, 1.82) is 0 Å². The third kappa shape index (κ3) is 4.93. The van der Waals surface area contributed by atoms with E-state index in [1.54, 1.807) is 4.90 Å². The van der Waals surface area contributed by atoms with E-state index >= 15 is 0 Å². The summed E-state index contributed by atoms with van der Waals surface area (Å²) in [4.78, 5) is 32.7. The van der Waals surface area contributed by atoms with E-state index in [9.17, 15) is 9.59 Å². The van der Waals surface area contributed by atoms with E-state index in [2.05, 4.69) is 9.80 Å². The van der Waals surface area contributed by atoms with Crippen LogP contribution >= 0.6 is 0 Å². The number of piperazine rings is 1. The first-order valence-electron chi connectivity index (χ1n) is 9.14.